The first-order chi connectivity index (χ1) is 9.21. The fourth-order valence-corrected chi connectivity index (χ4v) is 3.17. The summed E-state index contributed by atoms with van der Waals surface area (Å²) in [7, 11) is 0. The van der Waals surface area contributed by atoms with E-state index in [1.807, 2.05) is 0 Å². The fourth-order valence-electron chi connectivity index (χ4n) is 3.17. The van der Waals surface area contributed by atoms with Crippen LogP contribution in [-0.2, 0) is 0 Å². The first-order valence-electron chi connectivity index (χ1n) is 7.10. The first kappa shape index (κ1) is 15.4. The lowest BCUT2D eigenvalue weighted by Crippen LogP contribution is -2.38. The Bertz CT molecular complexity index is 493. The van der Waals surface area contributed by atoms with Gasteiger partial charge < -0.3 is 5.73 Å². The van der Waals surface area contributed by atoms with Crippen molar-refractivity contribution in [2.75, 3.05) is 0 Å². The molecule has 3 unspecified atom stereocenters. The highest BCUT2D eigenvalue weighted by molar-refractivity contribution is 5.26. The van der Waals surface area contributed by atoms with Crippen LogP contribution in [0.1, 0.15) is 51.5 Å². The fraction of sp³-hybridized carbons (Fsp3) is 0.625. The highest BCUT2D eigenvalue weighted by atomic mass is 19.2. The molecule has 1 aromatic rings. The molecule has 2 N–H and O–H groups in total. The maximum absolute atomic E-state index is 14.0. The summed E-state index contributed by atoms with van der Waals surface area (Å²) in [6.45, 7) is 6.44. The molecule has 0 aliphatic heterocycles. The van der Waals surface area contributed by atoms with Gasteiger partial charge in [0.15, 0.2) is 17.5 Å². The van der Waals surface area contributed by atoms with Crippen molar-refractivity contribution in [3.63, 3.8) is 0 Å². The van der Waals surface area contributed by atoms with Gasteiger partial charge in [-0.2, -0.15) is 0 Å². The normalized spacial score (nSPS) is 27.6. The molecule has 0 aromatic heterocycles. The van der Waals surface area contributed by atoms with E-state index in [-0.39, 0.29) is 22.9 Å². The second kappa shape index (κ2) is 5.40. The van der Waals surface area contributed by atoms with E-state index in [0.717, 1.165) is 18.9 Å². The summed E-state index contributed by atoms with van der Waals surface area (Å²) in [5.74, 6) is -3.47. The van der Waals surface area contributed by atoms with Crippen molar-refractivity contribution < 1.29 is 13.2 Å². The molecule has 1 nitrogen and oxygen atoms in total. The van der Waals surface area contributed by atoms with Gasteiger partial charge in [-0.15, -0.1) is 0 Å². The number of rotatable bonds is 1. The minimum Gasteiger partial charge on any atom is -0.327 e. The molecule has 3 atom stereocenters. The third-order valence-corrected chi connectivity index (χ3v) is 4.59. The Labute approximate surface area is 118 Å². The Morgan fingerprint density at radius 1 is 1.05 bits per heavy atom. The number of nitrogens with two attached hydrogens (primary N) is 1. The van der Waals surface area contributed by atoms with Crippen LogP contribution in [0.4, 0.5) is 13.2 Å². The third-order valence-electron chi connectivity index (χ3n) is 4.59. The minimum atomic E-state index is -1.40. The summed E-state index contributed by atoms with van der Waals surface area (Å²) in [6.07, 6.45) is 2.49. The Hall–Kier alpha value is -1.03. The second-order valence-electron chi connectivity index (χ2n) is 6.91. The maximum Gasteiger partial charge on any atom is 0.194 e. The molecule has 0 saturated heterocycles. The standard InChI is InChI=1S/C16H22F3N/c1-16(2,3)9-4-7-13(20)11(8-9)10-5-6-12(17)15(19)14(10)18/h5-6,9,11,13H,4,7-8,20H2,1-3H3. The first-order valence-corrected chi connectivity index (χ1v) is 7.10. The molecule has 4 heteroatoms. The molecule has 1 fully saturated rings. The molecular formula is C16H22F3N. The van der Waals surface area contributed by atoms with Crippen LogP contribution in [0.3, 0.4) is 0 Å². The summed E-state index contributed by atoms with van der Waals surface area (Å²) in [5, 5.41) is 0. The number of hydrogen-bond acceptors (Lipinski definition) is 1. The van der Waals surface area contributed by atoms with Gasteiger partial charge in [0.05, 0.1) is 0 Å². The molecule has 0 bridgehead atoms. The zero-order valence-electron chi connectivity index (χ0n) is 12.2. The monoisotopic (exact) mass is 285 g/mol. The average molecular weight is 285 g/mol. The number of halogens is 3. The van der Waals surface area contributed by atoms with Gasteiger partial charge in [0.2, 0.25) is 0 Å². The molecule has 0 heterocycles. The summed E-state index contributed by atoms with van der Waals surface area (Å²) < 4.78 is 40.4. The van der Waals surface area contributed by atoms with Crippen LogP contribution in [0, 0.1) is 28.8 Å². The Morgan fingerprint density at radius 2 is 1.70 bits per heavy atom. The van der Waals surface area contributed by atoms with Crippen molar-refractivity contribution in [3.05, 3.63) is 35.1 Å². The lowest BCUT2D eigenvalue weighted by molar-refractivity contribution is 0.152. The van der Waals surface area contributed by atoms with E-state index >= 15 is 0 Å². The van der Waals surface area contributed by atoms with Crippen LogP contribution >= 0.6 is 0 Å². The summed E-state index contributed by atoms with van der Waals surface area (Å²) in [4.78, 5) is 0. The minimum absolute atomic E-state index is 0.105. The molecule has 20 heavy (non-hydrogen) atoms. The number of benzene rings is 1. The zero-order valence-corrected chi connectivity index (χ0v) is 12.2. The lowest BCUT2D eigenvalue weighted by Gasteiger charge is -2.41. The van der Waals surface area contributed by atoms with E-state index in [1.54, 1.807) is 0 Å². The largest absolute Gasteiger partial charge is 0.327 e. The van der Waals surface area contributed by atoms with Crippen LogP contribution in [0.5, 0.6) is 0 Å². The Morgan fingerprint density at radius 3 is 2.30 bits per heavy atom. The molecule has 2 rings (SSSR count). The van der Waals surface area contributed by atoms with Gasteiger partial charge in [-0.05, 0) is 42.2 Å². The molecular weight excluding hydrogens is 263 g/mol. The maximum atomic E-state index is 14.0. The predicted molar refractivity (Wildman–Crippen MR) is 73.8 cm³/mol. The molecule has 1 aromatic carbocycles. The van der Waals surface area contributed by atoms with E-state index in [0.29, 0.717) is 12.3 Å². The van der Waals surface area contributed by atoms with Gasteiger partial charge in [0.25, 0.3) is 0 Å². The van der Waals surface area contributed by atoms with Crippen molar-refractivity contribution in [1.82, 2.24) is 0 Å². The van der Waals surface area contributed by atoms with Crippen molar-refractivity contribution in [2.45, 2.75) is 52.0 Å². The van der Waals surface area contributed by atoms with Crippen molar-refractivity contribution in [2.24, 2.45) is 17.1 Å². The smallest absolute Gasteiger partial charge is 0.194 e. The highest BCUT2D eigenvalue weighted by Crippen LogP contribution is 2.44. The van der Waals surface area contributed by atoms with Gasteiger partial charge in [-0.25, -0.2) is 13.2 Å². The number of hydrogen-bond donors (Lipinski definition) is 1. The van der Waals surface area contributed by atoms with Crippen molar-refractivity contribution >= 4 is 0 Å². The molecule has 0 amide bonds. The molecule has 1 aliphatic carbocycles. The average Bonchev–Trinajstić information content (AvgIpc) is 2.36. The van der Waals surface area contributed by atoms with Crippen LogP contribution in [0.2, 0.25) is 0 Å². The molecule has 1 saturated carbocycles. The molecule has 1 aliphatic rings. The van der Waals surface area contributed by atoms with Gasteiger partial charge >= 0.3 is 0 Å². The van der Waals surface area contributed by atoms with Crippen LogP contribution in [-0.4, -0.2) is 6.04 Å². The van der Waals surface area contributed by atoms with Gasteiger partial charge in [-0.3, -0.25) is 0 Å². The van der Waals surface area contributed by atoms with E-state index in [1.165, 1.54) is 6.07 Å². The van der Waals surface area contributed by atoms with E-state index < -0.39 is 17.5 Å². The summed E-state index contributed by atoms with van der Waals surface area (Å²) >= 11 is 0. The Balaban J connectivity index is 2.33. The van der Waals surface area contributed by atoms with E-state index in [4.69, 9.17) is 5.73 Å². The molecule has 0 spiro atoms. The quantitative estimate of drug-likeness (QED) is 0.762. The van der Waals surface area contributed by atoms with Gasteiger partial charge in [0.1, 0.15) is 0 Å². The third kappa shape index (κ3) is 2.85. The Kier molecular flexibility index (Phi) is 4.14. The van der Waals surface area contributed by atoms with Crippen LogP contribution < -0.4 is 5.73 Å². The molecule has 0 radical (unpaired) electrons. The zero-order chi connectivity index (χ0) is 15.1. The van der Waals surface area contributed by atoms with E-state index in [2.05, 4.69) is 20.8 Å². The SMILES string of the molecule is CC(C)(C)C1CCC(N)C(c2ccc(F)c(F)c2F)C1. The highest BCUT2D eigenvalue weighted by Gasteiger charge is 2.36. The van der Waals surface area contributed by atoms with Crippen LogP contribution in [0.15, 0.2) is 12.1 Å². The van der Waals surface area contributed by atoms with Crippen molar-refractivity contribution in [1.29, 1.82) is 0 Å². The second-order valence-corrected chi connectivity index (χ2v) is 6.91. The van der Waals surface area contributed by atoms with E-state index in [9.17, 15) is 13.2 Å². The van der Waals surface area contributed by atoms with Gasteiger partial charge in [-0.1, -0.05) is 26.8 Å². The molecule has 112 valence electrons. The van der Waals surface area contributed by atoms with Crippen molar-refractivity contribution in [3.8, 4) is 0 Å². The summed E-state index contributed by atoms with van der Waals surface area (Å²) in [6, 6.07) is 2.12. The lowest BCUT2D eigenvalue weighted by atomic mass is 9.66. The van der Waals surface area contributed by atoms with Gasteiger partial charge in [0, 0.05) is 12.0 Å². The van der Waals surface area contributed by atoms with Crippen LogP contribution in [0.25, 0.3) is 0 Å². The topological polar surface area (TPSA) is 26.0 Å². The summed E-state index contributed by atoms with van der Waals surface area (Å²) in [5.41, 5.74) is 6.41. The predicted octanol–water partition coefficient (Wildman–Crippen LogP) is 4.36.